The first-order chi connectivity index (χ1) is 9.79. The Morgan fingerprint density at radius 1 is 1.30 bits per heavy atom. The molecule has 0 atom stereocenters. The normalized spacial score (nSPS) is 14.3. The highest BCUT2D eigenvalue weighted by Gasteiger charge is 2.27. The molecule has 1 aromatic heterocycles. The lowest BCUT2D eigenvalue weighted by molar-refractivity contribution is 0.630. The van der Waals surface area contributed by atoms with Gasteiger partial charge in [0.15, 0.2) is 0 Å². The molecule has 1 saturated carbocycles. The van der Waals surface area contributed by atoms with Crippen LogP contribution in [0.2, 0.25) is 0 Å². The molecule has 0 radical (unpaired) electrons. The van der Waals surface area contributed by atoms with Crippen LogP contribution in [0.4, 0.5) is 10.1 Å². The molecule has 0 aliphatic heterocycles. The topological polar surface area (TPSA) is 63.8 Å². The fraction of sp³-hybridized carbons (Fsp3) is 0.333. The van der Waals surface area contributed by atoms with Crippen molar-refractivity contribution >= 4 is 5.69 Å². The van der Waals surface area contributed by atoms with Crippen LogP contribution in [0, 0.1) is 5.82 Å². The van der Waals surface area contributed by atoms with Gasteiger partial charge in [0.25, 0.3) is 0 Å². The van der Waals surface area contributed by atoms with Gasteiger partial charge < -0.3 is 11.1 Å². The van der Waals surface area contributed by atoms with Crippen LogP contribution in [0.15, 0.2) is 30.5 Å². The van der Waals surface area contributed by atoms with Crippen molar-refractivity contribution in [2.24, 2.45) is 5.73 Å². The molecule has 104 valence electrons. The third-order valence-electron chi connectivity index (χ3n) is 3.34. The van der Waals surface area contributed by atoms with Gasteiger partial charge in [0, 0.05) is 24.6 Å². The standard InChI is InChI=1S/C15H17FN4/c16-12-4-2-1-3-11(12)14-13(18-8-7-17)9-19-15(20-14)10-5-6-10/h1-4,9-10,18H,5-8,17H2. The lowest BCUT2D eigenvalue weighted by Crippen LogP contribution is -2.14. The fourth-order valence-corrected chi connectivity index (χ4v) is 2.13. The Hall–Kier alpha value is -2.01. The van der Waals surface area contributed by atoms with E-state index in [9.17, 15) is 4.39 Å². The minimum absolute atomic E-state index is 0.274. The summed E-state index contributed by atoms with van der Waals surface area (Å²) in [6.07, 6.45) is 3.97. The number of hydrogen-bond donors (Lipinski definition) is 2. The van der Waals surface area contributed by atoms with E-state index in [-0.39, 0.29) is 5.82 Å². The van der Waals surface area contributed by atoms with E-state index in [2.05, 4.69) is 15.3 Å². The van der Waals surface area contributed by atoms with E-state index >= 15 is 0 Å². The first-order valence-corrected chi connectivity index (χ1v) is 6.85. The van der Waals surface area contributed by atoms with Crippen LogP contribution in [0.3, 0.4) is 0 Å². The van der Waals surface area contributed by atoms with E-state index in [0.29, 0.717) is 30.3 Å². The Balaban J connectivity index is 2.04. The average molecular weight is 272 g/mol. The lowest BCUT2D eigenvalue weighted by Gasteiger charge is -2.12. The monoisotopic (exact) mass is 272 g/mol. The van der Waals surface area contributed by atoms with Gasteiger partial charge in [-0.1, -0.05) is 12.1 Å². The molecule has 4 nitrogen and oxygen atoms in total. The minimum atomic E-state index is -0.274. The molecule has 3 rings (SSSR count). The summed E-state index contributed by atoms with van der Waals surface area (Å²) >= 11 is 0. The SMILES string of the molecule is NCCNc1cnc(C2CC2)nc1-c1ccccc1F. The molecule has 0 amide bonds. The molecule has 20 heavy (non-hydrogen) atoms. The maximum Gasteiger partial charge on any atom is 0.132 e. The molecule has 0 spiro atoms. The minimum Gasteiger partial charge on any atom is -0.381 e. The average Bonchev–Trinajstić information content (AvgIpc) is 3.30. The molecule has 0 bridgehead atoms. The van der Waals surface area contributed by atoms with Gasteiger partial charge >= 0.3 is 0 Å². The van der Waals surface area contributed by atoms with Crippen LogP contribution in [0.5, 0.6) is 0 Å². The fourth-order valence-electron chi connectivity index (χ4n) is 2.13. The molecule has 1 aromatic carbocycles. The van der Waals surface area contributed by atoms with E-state index < -0.39 is 0 Å². The molecule has 1 heterocycles. The van der Waals surface area contributed by atoms with Gasteiger partial charge in [-0.3, -0.25) is 0 Å². The highest BCUT2D eigenvalue weighted by atomic mass is 19.1. The van der Waals surface area contributed by atoms with E-state index in [0.717, 1.165) is 24.4 Å². The van der Waals surface area contributed by atoms with Crippen molar-refractivity contribution in [3.63, 3.8) is 0 Å². The third-order valence-corrected chi connectivity index (χ3v) is 3.34. The molecule has 0 saturated heterocycles. The summed E-state index contributed by atoms with van der Waals surface area (Å²) in [5, 5.41) is 3.16. The Labute approximate surface area is 117 Å². The predicted octanol–water partition coefficient (Wildman–Crippen LogP) is 2.53. The van der Waals surface area contributed by atoms with E-state index in [1.54, 1.807) is 18.3 Å². The van der Waals surface area contributed by atoms with Crippen molar-refractivity contribution in [2.75, 3.05) is 18.4 Å². The number of halogens is 1. The van der Waals surface area contributed by atoms with Crippen molar-refractivity contribution in [1.29, 1.82) is 0 Å². The number of nitrogens with two attached hydrogens (primary N) is 1. The Morgan fingerprint density at radius 3 is 2.80 bits per heavy atom. The van der Waals surface area contributed by atoms with E-state index in [1.807, 2.05) is 6.07 Å². The van der Waals surface area contributed by atoms with Gasteiger partial charge in [-0.15, -0.1) is 0 Å². The van der Waals surface area contributed by atoms with Crippen LogP contribution < -0.4 is 11.1 Å². The van der Waals surface area contributed by atoms with Crippen LogP contribution in [0.25, 0.3) is 11.3 Å². The smallest absolute Gasteiger partial charge is 0.132 e. The lowest BCUT2D eigenvalue weighted by atomic mass is 10.1. The quantitative estimate of drug-likeness (QED) is 0.878. The summed E-state index contributed by atoms with van der Waals surface area (Å²) in [6.45, 7) is 1.11. The van der Waals surface area contributed by atoms with E-state index in [4.69, 9.17) is 5.73 Å². The van der Waals surface area contributed by atoms with Crippen molar-refractivity contribution in [3.05, 3.63) is 42.1 Å². The number of anilines is 1. The summed E-state index contributed by atoms with van der Waals surface area (Å²) < 4.78 is 14.0. The first kappa shape index (κ1) is 13.0. The van der Waals surface area contributed by atoms with Crippen LogP contribution in [-0.4, -0.2) is 23.1 Å². The van der Waals surface area contributed by atoms with Gasteiger partial charge in [-0.05, 0) is 25.0 Å². The predicted molar refractivity (Wildman–Crippen MR) is 76.9 cm³/mol. The van der Waals surface area contributed by atoms with Crippen molar-refractivity contribution in [3.8, 4) is 11.3 Å². The van der Waals surface area contributed by atoms with E-state index in [1.165, 1.54) is 6.07 Å². The van der Waals surface area contributed by atoms with Gasteiger partial charge in [-0.25, -0.2) is 14.4 Å². The number of rotatable bonds is 5. The van der Waals surface area contributed by atoms with Crippen LogP contribution in [-0.2, 0) is 0 Å². The summed E-state index contributed by atoms with van der Waals surface area (Å²) in [6, 6.07) is 6.67. The maximum absolute atomic E-state index is 14.0. The zero-order chi connectivity index (χ0) is 13.9. The Kier molecular flexibility index (Phi) is 3.60. The van der Waals surface area contributed by atoms with Crippen molar-refractivity contribution in [1.82, 2.24) is 9.97 Å². The largest absolute Gasteiger partial charge is 0.381 e. The molecule has 0 unspecified atom stereocenters. The van der Waals surface area contributed by atoms with Gasteiger partial charge in [0.2, 0.25) is 0 Å². The summed E-state index contributed by atoms with van der Waals surface area (Å²) in [7, 11) is 0. The molecule has 5 heteroatoms. The molecule has 3 N–H and O–H groups in total. The summed E-state index contributed by atoms with van der Waals surface area (Å²) in [4.78, 5) is 8.94. The number of nitrogens with zero attached hydrogens (tertiary/aromatic N) is 2. The summed E-state index contributed by atoms with van der Waals surface area (Å²) in [5.41, 5.74) is 7.35. The van der Waals surface area contributed by atoms with Crippen LogP contribution in [0.1, 0.15) is 24.6 Å². The molecular weight excluding hydrogens is 255 g/mol. The van der Waals surface area contributed by atoms with Gasteiger partial charge in [-0.2, -0.15) is 0 Å². The van der Waals surface area contributed by atoms with Crippen molar-refractivity contribution < 1.29 is 4.39 Å². The second-order valence-electron chi connectivity index (χ2n) is 4.96. The molecule has 1 aliphatic rings. The van der Waals surface area contributed by atoms with Crippen LogP contribution >= 0.6 is 0 Å². The molecule has 1 fully saturated rings. The zero-order valence-corrected chi connectivity index (χ0v) is 11.1. The molecule has 2 aromatic rings. The number of benzene rings is 1. The first-order valence-electron chi connectivity index (χ1n) is 6.85. The third kappa shape index (κ3) is 2.63. The second-order valence-corrected chi connectivity index (χ2v) is 4.96. The van der Waals surface area contributed by atoms with Crippen molar-refractivity contribution in [2.45, 2.75) is 18.8 Å². The van der Waals surface area contributed by atoms with Gasteiger partial charge in [0.05, 0.1) is 11.9 Å². The number of nitrogens with one attached hydrogen (secondary N) is 1. The second kappa shape index (κ2) is 5.54. The highest BCUT2D eigenvalue weighted by molar-refractivity contribution is 5.74. The Morgan fingerprint density at radius 2 is 2.10 bits per heavy atom. The van der Waals surface area contributed by atoms with Gasteiger partial charge in [0.1, 0.15) is 17.3 Å². The Bertz CT molecular complexity index is 611. The number of aromatic nitrogens is 2. The highest BCUT2D eigenvalue weighted by Crippen LogP contribution is 2.39. The summed E-state index contributed by atoms with van der Waals surface area (Å²) in [5.74, 6) is 0.967. The molecular formula is C15H17FN4. The maximum atomic E-state index is 14.0. The molecule has 1 aliphatic carbocycles. The number of hydrogen-bond acceptors (Lipinski definition) is 4. The zero-order valence-electron chi connectivity index (χ0n) is 11.1.